The summed E-state index contributed by atoms with van der Waals surface area (Å²) in [4.78, 5) is 9.54. The van der Waals surface area contributed by atoms with E-state index in [1.165, 1.54) is 43.5 Å². The monoisotopic (exact) mass is 389 g/mol. The van der Waals surface area contributed by atoms with Crippen LogP contribution in [-0.2, 0) is 17.8 Å². The molecule has 0 aliphatic carbocycles. The third-order valence-corrected chi connectivity index (χ3v) is 5.10. The first-order chi connectivity index (χ1) is 13.7. The second-order valence-electron chi connectivity index (χ2n) is 7.57. The fourth-order valence-electron chi connectivity index (χ4n) is 3.36. The molecule has 1 heterocycles. The summed E-state index contributed by atoms with van der Waals surface area (Å²) < 4.78 is 5.12. The molecule has 0 unspecified atom stereocenters. The summed E-state index contributed by atoms with van der Waals surface area (Å²) >= 11 is 0. The lowest BCUT2D eigenvalue weighted by molar-refractivity contribution is 0.162. The van der Waals surface area contributed by atoms with Crippen molar-refractivity contribution < 1.29 is 4.74 Å². The van der Waals surface area contributed by atoms with Crippen molar-refractivity contribution in [3.8, 4) is 0 Å². The Morgan fingerprint density at radius 1 is 1.07 bits per heavy atom. The second kappa shape index (κ2) is 13.5. The van der Waals surface area contributed by atoms with Gasteiger partial charge < -0.3 is 20.3 Å². The molecule has 2 rings (SSSR count). The maximum Gasteiger partial charge on any atom is 0.191 e. The maximum absolute atomic E-state index is 5.12. The van der Waals surface area contributed by atoms with Crippen molar-refractivity contribution in [1.82, 2.24) is 20.4 Å². The number of rotatable bonds is 11. The van der Waals surface area contributed by atoms with Crippen molar-refractivity contribution in [3.05, 3.63) is 35.4 Å². The summed E-state index contributed by atoms with van der Waals surface area (Å²) in [5, 5.41) is 6.74. The number of piperidine rings is 1. The highest BCUT2D eigenvalue weighted by Gasteiger charge is 2.10. The Bertz CT molecular complexity index is 555. The van der Waals surface area contributed by atoms with Gasteiger partial charge in [-0.15, -0.1) is 0 Å². The van der Waals surface area contributed by atoms with Crippen molar-refractivity contribution in [2.24, 2.45) is 4.99 Å². The molecule has 28 heavy (non-hydrogen) atoms. The summed E-state index contributed by atoms with van der Waals surface area (Å²) in [5.74, 6) is 0.875. The fourth-order valence-corrected chi connectivity index (χ4v) is 3.36. The van der Waals surface area contributed by atoms with Gasteiger partial charge in [0.25, 0.3) is 0 Å². The lowest BCUT2D eigenvalue weighted by atomic mass is 10.1. The Hall–Kier alpha value is -1.63. The predicted octanol–water partition coefficient (Wildman–Crippen LogP) is 2.31. The Kier molecular flexibility index (Phi) is 10.9. The number of benzene rings is 1. The normalized spacial score (nSPS) is 15.8. The number of nitrogens with zero attached hydrogens (tertiary/aromatic N) is 3. The van der Waals surface area contributed by atoms with Crippen LogP contribution in [0.1, 0.15) is 37.3 Å². The maximum atomic E-state index is 5.12. The molecule has 1 aromatic carbocycles. The molecule has 158 valence electrons. The highest BCUT2D eigenvalue weighted by Crippen LogP contribution is 2.14. The minimum Gasteiger partial charge on any atom is -0.383 e. The predicted molar refractivity (Wildman–Crippen MR) is 118 cm³/mol. The quantitative estimate of drug-likeness (QED) is 0.449. The number of aliphatic imine (C=N–C) groups is 1. The number of likely N-dealkylation sites (N-methyl/N-ethyl adjacent to an activating group) is 1. The first-order valence-corrected chi connectivity index (χ1v) is 10.7. The van der Waals surface area contributed by atoms with Gasteiger partial charge in [0.1, 0.15) is 0 Å². The van der Waals surface area contributed by atoms with Crippen molar-refractivity contribution in [2.45, 2.75) is 39.3 Å². The highest BCUT2D eigenvalue weighted by molar-refractivity contribution is 5.79. The van der Waals surface area contributed by atoms with Crippen LogP contribution in [0.4, 0.5) is 0 Å². The third kappa shape index (κ3) is 9.04. The SMILES string of the molecule is CCNC(=NCc1ccc(CN2CCCCC2)cc1)NCCN(C)CCOC. The van der Waals surface area contributed by atoms with Gasteiger partial charge in [-0.1, -0.05) is 30.7 Å². The van der Waals surface area contributed by atoms with Crippen molar-refractivity contribution >= 4 is 5.96 Å². The van der Waals surface area contributed by atoms with E-state index in [0.29, 0.717) is 6.54 Å². The molecule has 2 N–H and O–H groups in total. The lowest BCUT2D eigenvalue weighted by Gasteiger charge is -2.26. The molecule has 0 aromatic heterocycles. The fraction of sp³-hybridized carbons (Fsp3) is 0.682. The zero-order valence-corrected chi connectivity index (χ0v) is 18.0. The standard InChI is InChI=1S/C22H39N5O/c1-4-23-22(24-12-15-26(2)16-17-28-3)25-18-20-8-10-21(11-9-20)19-27-13-6-5-7-14-27/h8-11H,4-7,12-19H2,1-3H3,(H2,23,24,25). The molecular formula is C22H39N5O. The number of hydrogen-bond acceptors (Lipinski definition) is 4. The van der Waals surface area contributed by atoms with E-state index in [1.54, 1.807) is 7.11 Å². The minimum atomic E-state index is 0.693. The number of nitrogens with one attached hydrogen (secondary N) is 2. The Morgan fingerprint density at radius 3 is 2.46 bits per heavy atom. The first-order valence-electron chi connectivity index (χ1n) is 10.7. The van der Waals surface area contributed by atoms with Crippen LogP contribution in [0.5, 0.6) is 0 Å². The topological polar surface area (TPSA) is 52.1 Å². The lowest BCUT2D eigenvalue weighted by Crippen LogP contribution is -2.41. The molecule has 1 fully saturated rings. The van der Waals surface area contributed by atoms with Crippen LogP contribution in [0.3, 0.4) is 0 Å². The van der Waals surface area contributed by atoms with E-state index in [9.17, 15) is 0 Å². The second-order valence-corrected chi connectivity index (χ2v) is 7.57. The average Bonchev–Trinajstić information content (AvgIpc) is 2.72. The van der Waals surface area contributed by atoms with Crippen molar-refractivity contribution in [1.29, 1.82) is 0 Å². The van der Waals surface area contributed by atoms with E-state index in [-0.39, 0.29) is 0 Å². The van der Waals surface area contributed by atoms with Crippen LogP contribution in [-0.4, -0.2) is 75.8 Å². The Balaban J connectivity index is 1.77. The molecule has 0 bridgehead atoms. The molecular weight excluding hydrogens is 350 g/mol. The van der Waals surface area contributed by atoms with E-state index >= 15 is 0 Å². The van der Waals surface area contributed by atoms with Crippen LogP contribution in [0.15, 0.2) is 29.3 Å². The van der Waals surface area contributed by atoms with Crippen LogP contribution in [0, 0.1) is 0 Å². The molecule has 0 amide bonds. The summed E-state index contributed by atoms with van der Waals surface area (Å²) in [6.07, 6.45) is 4.07. The van der Waals surface area contributed by atoms with Crippen LogP contribution in [0.25, 0.3) is 0 Å². The summed E-state index contributed by atoms with van der Waals surface area (Å²) in [5.41, 5.74) is 2.65. The molecule has 6 heteroatoms. The van der Waals surface area contributed by atoms with Gasteiger partial charge in [-0.3, -0.25) is 4.90 Å². The average molecular weight is 390 g/mol. The van der Waals surface area contributed by atoms with Crippen LogP contribution >= 0.6 is 0 Å². The molecule has 0 spiro atoms. The smallest absolute Gasteiger partial charge is 0.191 e. The Morgan fingerprint density at radius 2 is 1.79 bits per heavy atom. The molecule has 1 aromatic rings. The number of guanidine groups is 1. The van der Waals surface area contributed by atoms with E-state index in [0.717, 1.165) is 45.3 Å². The number of hydrogen-bond donors (Lipinski definition) is 2. The molecule has 0 radical (unpaired) electrons. The highest BCUT2D eigenvalue weighted by atomic mass is 16.5. The van der Waals surface area contributed by atoms with Gasteiger partial charge in [0.05, 0.1) is 13.2 Å². The third-order valence-electron chi connectivity index (χ3n) is 5.10. The van der Waals surface area contributed by atoms with E-state index in [4.69, 9.17) is 9.73 Å². The van der Waals surface area contributed by atoms with Gasteiger partial charge in [-0.05, 0) is 51.0 Å². The van der Waals surface area contributed by atoms with Crippen LogP contribution < -0.4 is 10.6 Å². The summed E-state index contributed by atoms with van der Waals surface area (Å²) in [7, 11) is 3.85. The van der Waals surface area contributed by atoms with Crippen molar-refractivity contribution in [2.75, 3.05) is 60.0 Å². The van der Waals surface area contributed by atoms with Crippen LogP contribution in [0.2, 0.25) is 0 Å². The zero-order chi connectivity index (χ0) is 20.0. The van der Waals surface area contributed by atoms with Gasteiger partial charge in [0.15, 0.2) is 5.96 Å². The van der Waals surface area contributed by atoms with E-state index < -0.39 is 0 Å². The summed E-state index contributed by atoms with van der Waals surface area (Å²) in [6.45, 7) is 10.7. The molecule has 0 atom stereocenters. The molecule has 0 saturated carbocycles. The van der Waals surface area contributed by atoms with E-state index in [2.05, 4.69) is 58.7 Å². The Labute approximate surface area is 171 Å². The van der Waals surface area contributed by atoms with Crippen molar-refractivity contribution in [3.63, 3.8) is 0 Å². The molecule has 6 nitrogen and oxygen atoms in total. The van der Waals surface area contributed by atoms with Gasteiger partial charge in [-0.2, -0.15) is 0 Å². The largest absolute Gasteiger partial charge is 0.383 e. The molecule has 1 aliphatic rings. The minimum absolute atomic E-state index is 0.693. The zero-order valence-electron chi connectivity index (χ0n) is 18.0. The first kappa shape index (κ1) is 22.7. The van der Waals surface area contributed by atoms with Gasteiger partial charge >= 0.3 is 0 Å². The van der Waals surface area contributed by atoms with Gasteiger partial charge in [-0.25, -0.2) is 4.99 Å². The number of likely N-dealkylation sites (tertiary alicyclic amines) is 1. The number of ether oxygens (including phenoxy) is 1. The van der Waals surface area contributed by atoms with Gasteiger partial charge in [0.2, 0.25) is 0 Å². The molecule has 1 saturated heterocycles. The summed E-state index contributed by atoms with van der Waals surface area (Å²) in [6, 6.07) is 8.94. The van der Waals surface area contributed by atoms with E-state index in [1.807, 2.05) is 0 Å². The number of methoxy groups -OCH3 is 1. The molecule has 1 aliphatic heterocycles. The van der Waals surface area contributed by atoms with Gasteiger partial charge in [0, 0.05) is 39.8 Å².